The molecule has 0 radical (unpaired) electrons. The summed E-state index contributed by atoms with van der Waals surface area (Å²) in [6.07, 6.45) is 1.95. The molecule has 2 aromatic carbocycles. The lowest BCUT2D eigenvalue weighted by atomic mass is 9.73. The first-order valence-corrected chi connectivity index (χ1v) is 19.9. The second-order valence-corrected chi connectivity index (χ2v) is 19.8. The van der Waals surface area contributed by atoms with Gasteiger partial charge in [0.05, 0.1) is 11.1 Å². The highest BCUT2D eigenvalue weighted by Gasteiger charge is 2.52. The molecule has 12 heteroatoms. The van der Waals surface area contributed by atoms with Gasteiger partial charge >= 0.3 is 0 Å². The van der Waals surface area contributed by atoms with E-state index in [1.807, 2.05) is 24.3 Å². The molecule has 4 aliphatic rings. The minimum Gasteiger partial charge on any atom is -0.492 e. The molecule has 4 amide bonds. The van der Waals surface area contributed by atoms with Crippen molar-refractivity contribution in [3.63, 3.8) is 0 Å². The number of nitrogens with zero attached hydrogens (tertiary/aromatic N) is 3. The Hall–Kier alpha value is -3.25. The Morgan fingerprint density at radius 3 is 2.53 bits per heavy atom. The van der Waals surface area contributed by atoms with Crippen LogP contribution in [-0.4, -0.2) is 87.1 Å². The van der Waals surface area contributed by atoms with Gasteiger partial charge in [0.15, 0.2) is 0 Å². The number of imide groups is 1. The molecule has 6 rings (SSSR count). The van der Waals surface area contributed by atoms with Crippen molar-refractivity contribution in [2.75, 3.05) is 44.5 Å². The molecule has 240 valence electrons. The number of likely N-dealkylation sites (tertiary alicyclic amines) is 1. The van der Waals surface area contributed by atoms with E-state index in [1.165, 1.54) is 4.90 Å². The average Bonchev–Trinajstić information content (AvgIpc) is 3.42. The van der Waals surface area contributed by atoms with Crippen molar-refractivity contribution in [3.8, 4) is 5.75 Å². The van der Waals surface area contributed by atoms with Gasteiger partial charge in [-0.15, -0.1) is 0 Å². The smallest absolute Gasteiger partial charge is 0.255 e. The maximum absolute atomic E-state index is 13.9. The van der Waals surface area contributed by atoms with Crippen molar-refractivity contribution < 1.29 is 28.7 Å². The maximum atomic E-state index is 13.9. The summed E-state index contributed by atoms with van der Waals surface area (Å²) in [5.41, 5.74) is 2.68. The Labute approximate surface area is 270 Å². The molecule has 1 spiro atoms. The minimum atomic E-state index is -1.23. The van der Waals surface area contributed by atoms with Crippen LogP contribution < -0.4 is 15.0 Å². The molecule has 0 aliphatic carbocycles. The minimum absolute atomic E-state index is 0.0997. The Kier molecular flexibility index (Phi) is 8.81. The average molecular weight is 653 g/mol. The van der Waals surface area contributed by atoms with Gasteiger partial charge in [0, 0.05) is 44.8 Å². The van der Waals surface area contributed by atoms with Crippen LogP contribution in [0.3, 0.4) is 0 Å². The molecular formula is C33H41ClN4O6Si. The molecular weight excluding hydrogens is 612 g/mol. The number of nitrogens with one attached hydrogen (secondary N) is 1. The highest BCUT2D eigenvalue weighted by Crippen LogP contribution is 2.48. The first kappa shape index (κ1) is 31.7. The van der Waals surface area contributed by atoms with Gasteiger partial charge in [-0.2, -0.15) is 0 Å². The highest BCUT2D eigenvalue weighted by atomic mass is 35.5. The third kappa shape index (κ3) is 6.40. The van der Waals surface area contributed by atoms with Crippen LogP contribution >= 0.6 is 11.6 Å². The van der Waals surface area contributed by atoms with E-state index in [-0.39, 0.29) is 30.9 Å². The number of anilines is 1. The van der Waals surface area contributed by atoms with Crippen LogP contribution in [0.5, 0.6) is 5.75 Å². The number of rotatable bonds is 10. The predicted octanol–water partition coefficient (Wildman–Crippen LogP) is 4.17. The molecule has 2 fully saturated rings. The Morgan fingerprint density at radius 2 is 1.80 bits per heavy atom. The lowest BCUT2D eigenvalue weighted by Crippen LogP contribution is -2.52. The van der Waals surface area contributed by atoms with Gasteiger partial charge in [-0.1, -0.05) is 31.2 Å². The van der Waals surface area contributed by atoms with E-state index in [1.54, 1.807) is 17.0 Å². The highest BCUT2D eigenvalue weighted by molar-refractivity contribution is 6.76. The largest absolute Gasteiger partial charge is 0.492 e. The van der Waals surface area contributed by atoms with Gasteiger partial charge in [0.1, 0.15) is 25.1 Å². The van der Waals surface area contributed by atoms with Crippen molar-refractivity contribution >= 4 is 49.0 Å². The summed E-state index contributed by atoms with van der Waals surface area (Å²) >= 11 is 6.42. The van der Waals surface area contributed by atoms with Gasteiger partial charge in [0.2, 0.25) is 17.7 Å². The molecule has 0 saturated carbocycles. The van der Waals surface area contributed by atoms with E-state index in [2.05, 4.69) is 29.9 Å². The summed E-state index contributed by atoms with van der Waals surface area (Å²) < 4.78 is 12.1. The number of carbonyl (C=O) groups is 4. The van der Waals surface area contributed by atoms with Crippen LogP contribution in [0.2, 0.25) is 30.7 Å². The zero-order valence-corrected chi connectivity index (χ0v) is 28.0. The quantitative estimate of drug-likeness (QED) is 0.233. The zero-order chi connectivity index (χ0) is 31.9. The van der Waals surface area contributed by atoms with Crippen molar-refractivity contribution in [1.82, 2.24) is 15.1 Å². The first-order chi connectivity index (χ1) is 21.4. The van der Waals surface area contributed by atoms with Crippen molar-refractivity contribution in [3.05, 3.63) is 58.1 Å². The third-order valence-electron chi connectivity index (χ3n) is 9.52. The summed E-state index contributed by atoms with van der Waals surface area (Å²) in [7, 11) is -1.23. The van der Waals surface area contributed by atoms with Crippen LogP contribution in [0.25, 0.3) is 0 Å². The lowest BCUT2D eigenvalue weighted by Gasteiger charge is -2.38. The van der Waals surface area contributed by atoms with E-state index in [0.29, 0.717) is 61.9 Å². The van der Waals surface area contributed by atoms with E-state index in [0.717, 1.165) is 35.9 Å². The monoisotopic (exact) mass is 652 g/mol. The molecule has 0 bridgehead atoms. The standard InChI is InChI=1S/C33H41ClN4O6Si/c1-45(2,3)17-16-43-21-38-27-7-4-23(34)19-26(27)33(32(38)42)10-12-36(13-11-33)14-15-44-24-5-6-25-22(18-24)20-37(31(25)41)28-8-9-29(39)35-30(28)40/h4-7,18-19,28H,8-17,20-21H2,1-3H3,(H,35,39,40). The number of carbonyl (C=O) groups excluding carboxylic acids is 4. The van der Waals surface area contributed by atoms with Crippen LogP contribution in [0.4, 0.5) is 5.69 Å². The van der Waals surface area contributed by atoms with Crippen molar-refractivity contribution in [2.45, 2.75) is 69.4 Å². The molecule has 45 heavy (non-hydrogen) atoms. The number of fused-ring (bicyclic) bond motifs is 3. The molecule has 1 atom stereocenters. The lowest BCUT2D eigenvalue weighted by molar-refractivity contribution is -0.137. The number of amides is 4. The van der Waals surface area contributed by atoms with Crippen LogP contribution in [0.15, 0.2) is 36.4 Å². The molecule has 1 unspecified atom stereocenters. The fourth-order valence-corrected chi connectivity index (χ4v) is 7.78. The van der Waals surface area contributed by atoms with E-state index < -0.39 is 25.4 Å². The second-order valence-electron chi connectivity index (χ2n) is 13.7. The van der Waals surface area contributed by atoms with E-state index >= 15 is 0 Å². The van der Waals surface area contributed by atoms with Gasteiger partial charge in [0.25, 0.3) is 5.91 Å². The molecule has 1 N–H and O–H groups in total. The molecule has 4 aliphatic heterocycles. The van der Waals surface area contributed by atoms with Crippen molar-refractivity contribution in [2.24, 2.45) is 0 Å². The fraction of sp³-hybridized carbons (Fsp3) is 0.515. The third-order valence-corrected chi connectivity index (χ3v) is 11.5. The molecule has 0 aromatic heterocycles. The van der Waals surface area contributed by atoms with Gasteiger partial charge in [-0.25, -0.2) is 0 Å². The fourth-order valence-electron chi connectivity index (χ4n) is 6.85. The Balaban J connectivity index is 1.03. The SMILES string of the molecule is C[Si](C)(C)CCOCN1C(=O)C2(CCN(CCOc3ccc4c(c3)CN(C3CCC(=O)NC3=O)C4=O)CC2)c2cc(Cl)ccc21. The summed E-state index contributed by atoms with van der Waals surface area (Å²) in [6, 6.07) is 11.6. The Morgan fingerprint density at radius 1 is 1.02 bits per heavy atom. The summed E-state index contributed by atoms with van der Waals surface area (Å²) in [6.45, 7) is 10.8. The number of halogens is 1. The first-order valence-electron chi connectivity index (χ1n) is 15.8. The number of ether oxygens (including phenoxy) is 2. The predicted molar refractivity (Wildman–Crippen MR) is 173 cm³/mol. The number of piperidine rings is 2. The Bertz CT molecular complexity index is 1520. The molecule has 4 heterocycles. The number of hydrogen-bond donors (Lipinski definition) is 1. The molecule has 2 aromatic rings. The van der Waals surface area contributed by atoms with E-state index in [9.17, 15) is 19.2 Å². The van der Waals surface area contributed by atoms with Crippen molar-refractivity contribution in [1.29, 1.82) is 0 Å². The van der Waals surface area contributed by atoms with Gasteiger partial charge in [-0.3, -0.25) is 34.3 Å². The molecule has 10 nitrogen and oxygen atoms in total. The molecule has 2 saturated heterocycles. The van der Waals surface area contributed by atoms with Crippen LogP contribution in [-0.2, 0) is 31.1 Å². The summed E-state index contributed by atoms with van der Waals surface area (Å²) in [4.78, 5) is 56.4. The topological polar surface area (TPSA) is 108 Å². The zero-order valence-electron chi connectivity index (χ0n) is 26.2. The van der Waals surface area contributed by atoms with Crippen LogP contribution in [0, 0.1) is 0 Å². The van der Waals surface area contributed by atoms with E-state index in [4.69, 9.17) is 21.1 Å². The maximum Gasteiger partial charge on any atom is 0.255 e. The summed E-state index contributed by atoms with van der Waals surface area (Å²) in [5, 5.41) is 2.97. The van der Waals surface area contributed by atoms with Crippen LogP contribution in [0.1, 0.15) is 47.2 Å². The van der Waals surface area contributed by atoms with Gasteiger partial charge < -0.3 is 14.4 Å². The number of benzene rings is 2. The number of hydrogen-bond acceptors (Lipinski definition) is 7. The van der Waals surface area contributed by atoms with Gasteiger partial charge in [-0.05, 0) is 85.9 Å². The summed E-state index contributed by atoms with van der Waals surface area (Å²) in [5.74, 6) is -0.156. The second kappa shape index (κ2) is 12.5. The normalized spacial score (nSPS) is 21.4.